The lowest BCUT2D eigenvalue weighted by atomic mass is 10.1. The number of rotatable bonds is 5. The second-order valence-corrected chi connectivity index (χ2v) is 4.23. The summed E-state index contributed by atoms with van der Waals surface area (Å²) in [7, 11) is 1.51. The molecule has 20 heavy (non-hydrogen) atoms. The van der Waals surface area contributed by atoms with Crippen molar-refractivity contribution in [2.45, 2.75) is 6.10 Å². The van der Waals surface area contributed by atoms with E-state index in [2.05, 4.69) is 10.3 Å². The van der Waals surface area contributed by atoms with E-state index in [0.717, 1.165) is 5.56 Å². The normalized spacial score (nSPS) is 11.7. The molecule has 1 amide bonds. The van der Waals surface area contributed by atoms with Crippen molar-refractivity contribution in [3.63, 3.8) is 0 Å². The van der Waals surface area contributed by atoms with Crippen LogP contribution in [-0.4, -0.2) is 29.7 Å². The molecule has 1 aromatic heterocycles. The van der Waals surface area contributed by atoms with E-state index >= 15 is 0 Å². The molecule has 1 heterocycles. The standard InChI is InChI=1S/C15H16N2O3/c1-20-14-8-7-12(9-16-14)15(19)17-10-13(18)11-5-3-2-4-6-11/h2-9,13,18H,10H2,1H3,(H,17,19). The molecule has 0 radical (unpaired) electrons. The van der Waals surface area contributed by atoms with Gasteiger partial charge in [-0.1, -0.05) is 30.3 Å². The van der Waals surface area contributed by atoms with E-state index in [1.54, 1.807) is 12.1 Å². The lowest BCUT2D eigenvalue weighted by Gasteiger charge is -2.12. The van der Waals surface area contributed by atoms with E-state index in [1.807, 2.05) is 30.3 Å². The minimum atomic E-state index is -0.730. The van der Waals surface area contributed by atoms with E-state index in [9.17, 15) is 9.90 Å². The number of benzene rings is 1. The number of pyridine rings is 1. The van der Waals surface area contributed by atoms with Crippen LogP contribution in [0.15, 0.2) is 48.7 Å². The van der Waals surface area contributed by atoms with Gasteiger partial charge in [0.15, 0.2) is 0 Å². The molecule has 0 bridgehead atoms. The van der Waals surface area contributed by atoms with E-state index in [0.29, 0.717) is 11.4 Å². The summed E-state index contributed by atoms with van der Waals surface area (Å²) in [5, 5.41) is 12.6. The largest absolute Gasteiger partial charge is 0.481 e. The fraction of sp³-hybridized carbons (Fsp3) is 0.200. The van der Waals surface area contributed by atoms with Crippen LogP contribution in [0.3, 0.4) is 0 Å². The van der Waals surface area contributed by atoms with Crippen LogP contribution in [0.25, 0.3) is 0 Å². The molecule has 1 aromatic carbocycles. The maximum absolute atomic E-state index is 11.9. The third-order valence-corrected chi connectivity index (χ3v) is 2.85. The summed E-state index contributed by atoms with van der Waals surface area (Å²) in [6.07, 6.45) is 0.703. The minimum absolute atomic E-state index is 0.148. The molecule has 0 aliphatic heterocycles. The molecule has 0 aliphatic carbocycles. The number of aromatic nitrogens is 1. The highest BCUT2D eigenvalue weighted by Crippen LogP contribution is 2.11. The molecule has 1 unspecified atom stereocenters. The van der Waals surface area contributed by atoms with E-state index in [1.165, 1.54) is 13.3 Å². The smallest absolute Gasteiger partial charge is 0.252 e. The number of methoxy groups -OCH3 is 1. The summed E-state index contributed by atoms with van der Waals surface area (Å²) in [5.41, 5.74) is 1.19. The molecule has 5 heteroatoms. The Morgan fingerprint density at radius 3 is 2.65 bits per heavy atom. The van der Waals surface area contributed by atoms with Gasteiger partial charge in [-0.15, -0.1) is 0 Å². The first-order valence-electron chi connectivity index (χ1n) is 6.22. The number of hydrogen-bond acceptors (Lipinski definition) is 4. The number of hydrogen-bond donors (Lipinski definition) is 2. The Labute approximate surface area is 117 Å². The number of amides is 1. The molecule has 104 valence electrons. The summed E-state index contributed by atoms with van der Waals surface area (Å²) in [4.78, 5) is 15.8. The van der Waals surface area contributed by atoms with Crippen LogP contribution < -0.4 is 10.1 Å². The summed E-state index contributed by atoms with van der Waals surface area (Å²) in [6, 6.07) is 12.4. The minimum Gasteiger partial charge on any atom is -0.481 e. The van der Waals surface area contributed by atoms with Gasteiger partial charge in [0.2, 0.25) is 5.88 Å². The van der Waals surface area contributed by atoms with Gasteiger partial charge >= 0.3 is 0 Å². The number of aliphatic hydroxyl groups is 1. The maximum atomic E-state index is 11.9. The van der Waals surface area contributed by atoms with Gasteiger partial charge in [0.1, 0.15) is 0 Å². The second-order valence-electron chi connectivity index (χ2n) is 4.23. The number of carbonyl (C=O) groups is 1. The van der Waals surface area contributed by atoms with Crippen molar-refractivity contribution in [2.75, 3.05) is 13.7 Å². The van der Waals surface area contributed by atoms with Crippen LogP contribution in [0.4, 0.5) is 0 Å². The fourth-order valence-corrected chi connectivity index (χ4v) is 1.72. The Kier molecular flexibility index (Phi) is 4.68. The number of nitrogens with zero attached hydrogens (tertiary/aromatic N) is 1. The average Bonchev–Trinajstić information content (AvgIpc) is 2.53. The van der Waals surface area contributed by atoms with Crippen molar-refractivity contribution in [1.29, 1.82) is 0 Å². The SMILES string of the molecule is COc1ccc(C(=O)NCC(O)c2ccccc2)cn1. The highest BCUT2D eigenvalue weighted by molar-refractivity contribution is 5.93. The van der Waals surface area contributed by atoms with Crippen molar-refractivity contribution in [1.82, 2.24) is 10.3 Å². The number of nitrogens with one attached hydrogen (secondary N) is 1. The van der Waals surface area contributed by atoms with Gasteiger partial charge in [-0.2, -0.15) is 0 Å². The molecule has 1 atom stereocenters. The first kappa shape index (κ1) is 14.0. The first-order chi connectivity index (χ1) is 9.70. The molecule has 0 aliphatic rings. The second kappa shape index (κ2) is 6.68. The third-order valence-electron chi connectivity index (χ3n) is 2.85. The monoisotopic (exact) mass is 272 g/mol. The zero-order chi connectivity index (χ0) is 14.4. The summed E-state index contributed by atoms with van der Waals surface area (Å²) in [6.45, 7) is 0.148. The quantitative estimate of drug-likeness (QED) is 0.866. The van der Waals surface area contributed by atoms with Gasteiger partial charge in [0.05, 0.1) is 18.8 Å². The Balaban J connectivity index is 1.91. The molecular weight excluding hydrogens is 256 g/mol. The zero-order valence-electron chi connectivity index (χ0n) is 11.1. The van der Waals surface area contributed by atoms with E-state index in [4.69, 9.17) is 4.74 Å². The Bertz CT molecular complexity index is 555. The highest BCUT2D eigenvalue weighted by Gasteiger charge is 2.10. The van der Waals surface area contributed by atoms with Crippen LogP contribution in [0, 0.1) is 0 Å². The summed E-state index contributed by atoms with van der Waals surface area (Å²) < 4.78 is 4.92. The molecular formula is C15H16N2O3. The molecule has 2 N–H and O–H groups in total. The number of ether oxygens (including phenoxy) is 1. The maximum Gasteiger partial charge on any atom is 0.252 e. The van der Waals surface area contributed by atoms with Crippen molar-refractivity contribution >= 4 is 5.91 Å². The van der Waals surface area contributed by atoms with Crippen LogP contribution in [0.2, 0.25) is 0 Å². The van der Waals surface area contributed by atoms with Crippen LogP contribution in [0.1, 0.15) is 22.0 Å². The predicted octanol–water partition coefficient (Wildman–Crippen LogP) is 1.55. The van der Waals surface area contributed by atoms with Crippen molar-refractivity contribution in [3.05, 3.63) is 59.8 Å². The van der Waals surface area contributed by atoms with Gasteiger partial charge in [0, 0.05) is 18.8 Å². The molecule has 2 rings (SSSR count). The molecule has 0 saturated heterocycles. The molecule has 0 spiro atoms. The fourth-order valence-electron chi connectivity index (χ4n) is 1.72. The van der Waals surface area contributed by atoms with Gasteiger partial charge in [-0.25, -0.2) is 4.98 Å². The molecule has 0 saturated carbocycles. The van der Waals surface area contributed by atoms with E-state index in [-0.39, 0.29) is 12.5 Å². The van der Waals surface area contributed by atoms with Gasteiger partial charge in [-0.3, -0.25) is 4.79 Å². The third kappa shape index (κ3) is 3.55. The average molecular weight is 272 g/mol. The highest BCUT2D eigenvalue weighted by atomic mass is 16.5. The topological polar surface area (TPSA) is 71.5 Å². The molecule has 2 aromatic rings. The Morgan fingerprint density at radius 2 is 2.05 bits per heavy atom. The number of carbonyl (C=O) groups excluding carboxylic acids is 1. The van der Waals surface area contributed by atoms with E-state index < -0.39 is 6.10 Å². The summed E-state index contributed by atoms with van der Waals surface area (Å²) >= 11 is 0. The van der Waals surface area contributed by atoms with Crippen molar-refractivity contribution < 1.29 is 14.6 Å². The Morgan fingerprint density at radius 1 is 1.30 bits per heavy atom. The Hall–Kier alpha value is -2.40. The van der Waals surface area contributed by atoms with Crippen LogP contribution >= 0.6 is 0 Å². The van der Waals surface area contributed by atoms with Gasteiger partial charge < -0.3 is 15.2 Å². The van der Waals surface area contributed by atoms with Crippen molar-refractivity contribution in [2.24, 2.45) is 0 Å². The zero-order valence-corrected chi connectivity index (χ0v) is 11.1. The van der Waals surface area contributed by atoms with Gasteiger partial charge in [0.25, 0.3) is 5.91 Å². The number of aliphatic hydroxyl groups excluding tert-OH is 1. The van der Waals surface area contributed by atoms with Crippen LogP contribution in [0.5, 0.6) is 5.88 Å². The van der Waals surface area contributed by atoms with Crippen molar-refractivity contribution in [3.8, 4) is 5.88 Å². The first-order valence-corrected chi connectivity index (χ1v) is 6.22. The van der Waals surface area contributed by atoms with Crippen LogP contribution in [-0.2, 0) is 0 Å². The summed E-state index contributed by atoms with van der Waals surface area (Å²) in [5.74, 6) is 0.168. The lowest BCUT2D eigenvalue weighted by molar-refractivity contribution is 0.0916. The molecule has 0 fully saturated rings. The predicted molar refractivity (Wildman–Crippen MR) is 74.5 cm³/mol. The lowest BCUT2D eigenvalue weighted by Crippen LogP contribution is -2.28. The van der Waals surface area contributed by atoms with Gasteiger partial charge in [-0.05, 0) is 11.6 Å². The molecule has 5 nitrogen and oxygen atoms in total.